The van der Waals surface area contributed by atoms with Crippen LogP contribution in [0, 0.1) is 5.82 Å². The molecule has 4 rings (SSSR count). The van der Waals surface area contributed by atoms with E-state index in [1.54, 1.807) is 29.1 Å². The Hall–Kier alpha value is -2.96. The SMILES string of the molecule is CCN1CCN(c2ccc(C(=O)C=Cc3cnn(Cc4ccccc4Cl)c3)cc2F)CC1. The number of carbonyl (C=O) groups excluding carboxylic acids is 1. The Bertz CT molecular complexity index is 1120. The molecule has 0 bridgehead atoms. The van der Waals surface area contributed by atoms with Crippen molar-refractivity contribution in [1.82, 2.24) is 14.7 Å². The monoisotopic (exact) mass is 452 g/mol. The highest BCUT2D eigenvalue weighted by atomic mass is 35.5. The first kappa shape index (κ1) is 22.2. The fraction of sp³-hybridized carbons (Fsp3) is 0.280. The van der Waals surface area contributed by atoms with Crippen molar-refractivity contribution in [3.05, 3.63) is 88.5 Å². The summed E-state index contributed by atoms with van der Waals surface area (Å²) < 4.78 is 16.5. The van der Waals surface area contributed by atoms with Crippen LogP contribution < -0.4 is 4.90 Å². The molecule has 0 spiro atoms. The number of ketones is 1. The lowest BCUT2D eigenvalue weighted by molar-refractivity contribution is 0.104. The van der Waals surface area contributed by atoms with Gasteiger partial charge in [-0.25, -0.2) is 4.39 Å². The van der Waals surface area contributed by atoms with E-state index < -0.39 is 0 Å². The van der Waals surface area contributed by atoms with Crippen molar-refractivity contribution in [2.24, 2.45) is 0 Å². The molecule has 0 unspecified atom stereocenters. The summed E-state index contributed by atoms with van der Waals surface area (Å²) in [6.07, 6.45) is 6.66. The third-order valence-corrected chi connectivity index (χ3v) is 6.13. The molecule has 7 heteroatoms. The first-order valence-electron chi connectivity index (χ1n) is 10.8. The second-order valence-corrected chi connectivity index (χ2v) is 8.25. The molecular weight excluding hydrogens is 427 g/mol. The van der Waals surface area contributed by atoms with Crippen molar-refractivity contribution >= 4 is 29.1 Å². The number of nitrogens with zero attached hydrogens (tertiary/aromatic N) is 4. The van der Waals surface area contributed by atoms with Crippen LogP contribution in [0.15, 0.2) is 60.9 Å². The van der Waals surface area contributed by atoms with Crippen LogP contribution in [-0.4, -0.2) is 53.2 Å². The zero-order valence-corrected chi connectivity index (χ0v) is 18.8. The molecule has 1 aromatic heterocycles. The van der Waals surface area contributed by atoms with Gasteiger partial charge in [0.25, 0.3) is 0 Å². The number of rotatable bonds is 7. The van der Waals surface area contributed by atoms with Crippen molar-refractivity contribution in [3.63, 3.8) is 0 Å². The lowest BCUT2D eigenvalue weighted by Crippen LogP contribution is -2.46. The van der Waals surface area contributed by atoms with Crippen LogP contribution in [0.2, 0.25) is 5.02 Å². The Morgan fingerprint density at radius 1 is 1.16 bits per heavy atom. The van der Waals surface area contributed by atoms with E-state index in [-0.39, 0.29) is 11.6 Å². The Morgan fingerprint density at radius 3 is 2.66 bits per heavy atom. The molecule has 0 N–H and O–H groups in total. The quantitative estimate of drug-likeness (QED) is 0.383. The van der Waals surface area contributed by atoms with E-state index in [9.17, 15) is 9.18 Å². The van der Waals surface area contributed by atoms with Crippen LogP contribution in [0.5, 0.6) is 0 Å². The number of hydrogen-bond acceptors (Lipinski definition) is 4. The number of hydrogen-bond donors (Lipinski definition) is 0. The maximum Gasteiger partial charge on any atom is 0.185 e. The van der Waals surface area contributed by atoms with Crippen molar-refractivity contribution in [3.8, 4) is 0 Å². The van der Waals surface area contributed by atoms with Crippen molar-refractivity contribution in [2.45, 2.75) is 13.5 Å². The van der Waals surface area contributed by atoms with E-state index >= 15 is 0 Å². The van der Waals surface area contributed by atoms with E-state index in [0.717, 1.165) is 43.9 Å². The fourth-order valence-electron chi connectivity index (χ4n) is 3.84. The summed E-state index contributed by atoms with van der Waals surface area (Å²) >= 11 is 6.20. The van der Waals surface area contributed by atoms with Crippen LogP contribution in [0.3, 0.4) is 0 Å². The van der Waals surface area contributed by atoms with Gasteiger partial charge in [-0.2, -0.15) is 5.10 Å². The van der Waals surface area contributed by atoms with E-state index in [1.807, 2.05) is 35.4 Å². The second kappa shape index (κ2) is 10.1. The second-order valence-electron chi connectivity index (χ2n) is 7.85. The van der Waals surface area contributed by atoms with Gasteiger partial charge in [-0.15, -0.1) is 0 Å². The molecule has 166 valence electrons. The number of aromatic nitrogens is 2. The van der Waals surface area contributed by atoms with E-state index in [0.29, 0.717) is 22.8 Å². The zero-order valence-electron chi connectivity index (χ0n) is 18.0. The van der Waals surface area contributed by atoms with Gasteiger partial charge in [-0.1, -0.05) is 36.7 Å². The molecule has 1 saturated heterocycles. The van der Waals surface area contributed by atoms with Gasteiger partial charge in [0.05, 0.1) is 18.4 Å². The number of likely N-dealkylation sites (N-methyl/N-ethyl adjacent to an activating group) is 1. The molecule has 1 aliphatic heterocycles. The molecule has 3 aromatic rings. The molecule has 0 saturated carbocycles. The molecule has 1 fully saturated rings. The van der Waals surface area contributed by atoms with Gasteiger partial charge < -0.3 is 9.80 Å². The minimum atomic E-state index is -0.359. The first-order chi connectivity index (χ1) is 15.5. The summed E-state index contributed by atoms with van der Waals surface area (Å²) in [6, 6.07) is 12.3. The lowest BCUT2D eigenvalue weighted by atomic mass is 10.1. The predicted molar refractivity (Wildman–Crippen MR) is 127 cm³/mol. The summed E-state index contributed by atoms with van der Waals surface area (Å²) in [5.74, 6) is -0.605. The van der Waals surface area contributed by atoms with Crippen LogP contribution in [-0.2, 0) is 6.54 Å². The zero-order chi connectivity index (χ0) is 22.5. The Balaban J connectivity index is 1.39. The topological polar surface area (TPSA) is 41.4 Å². The minimum absolute atomic E-state index is 0.245. The van der Waals surface area contributed by atoms with Gasteiger partial charge in [0.2, 0.25) is 0 Å². The number of anilines is 1. The highest BCUT2D eigenvalue weighted by molar-refractivity contribution is 6.31. The maximum atomic E-state index is 14.7. The van der Waals surface area contributed by atoms with E-state index in [2.05, 4.69) is 16.9 Å². The predicted octanol–water partition coefficient (Wildman–Crippen LogP) is 4.76. The number of benzene rings is 2. The number of allylic oxidation sites excluding steroid dienone is 1. The first-order valence-corrected chi connectivity index (χ1v) is 11.2. The normalized spacial score (nSPS) is 14.9. The Labute approximate surface area is 192 Å². The summed E-state index contributed by atoms with van der Waals surface area (Å²) in [5.41, 5.74) is 2.65. The van der Waals surface area contributed by atoms with Gasteiger partial charge in [0.15, 0.2) is 5.78 Å². The smallest absolute Gasteiger partial charge is 0.185 e. The van der Waals surface area contributed by atoms with Gasteiger partial charge >= 0.3 is 0 Å². The van der Waals surface area contributed by atoms with Crippen LogP contribution >= 0.6 is 11.6 Å². The number of piperazine rings is 1. The maximum absolute atomic E-state index is 14.7. The van der Waals surface area contributed by atoms with Gasteiger partial charge in [0, 0.05) is 48.5 Å². The van der Waals surface area contributed by atoms with Crippen LogP contribution in [0.4, 0.5) is 10.1 Å². The van der Waals surface area contributed by atoms with Gasteiger partial charge in [-0.05, 0) is 48.5 Å². The summed E-state index contributed by atoms with van der Waals surface area (Å²) in [6.45, 7) is 7.10. The van der Waals surface area contributed by atoms with Crippen molar-refractivity contribution in [1.29, 1.82) is 0 Å². The molecule has 32 heavy (non-hydrogen) atoms. The number of halogens is 2. The van der Waals surface area contributed by atoms with Crippen molar-refractivity contribution in [2.75, 3.05) is 37.6 Å². The molecule has 5 nitrogen and oxygen atoms in total. The van der Waals surface area contributed by atoms with Gasteiger partial charge in [-0.3, -0.25) is 9.48 Å². The van der Waals surface area contributed by atoms with Crippen LogP contribution in [0.25, 0.3) is 6.08 Å². The molecule has 2 aromatic carbocycles. The average Bonchev–Trinajstić information content (AvgIpc) is 3.26. The van der Waals surface area contributed by atoms with E-state index in [4.69, 9.17) is 11.6 Å². The third-order valence-electron chi connectivity index (χ3n) is 5.76. The molecule has 0 aliphatic carbocycles. The summed E-state index contributed by atoms with van der Waals surface area (Å²) in [7, 11) is 0. The third kappa shape index (κ3) is 5.26. The van der Waals surface area contributed by atoms with Gasteiger partial charge in [0.1, 0.15) is 5.82 Å². The summed E-state index contributed by atoms with van der Waals surface area (Å²) in [4.78, 5) is 16.9. The highest BCUT2D eigenvalue weighted by Gasteiger charge is 2.19. The Morgan fingerprint density at radius 2 is 1.94 bits per heavy atom. The molecule has 0 radical (unpaired) electrons. The molecule has 0 amide bonds. The minimum Gasteiger partial charge on any atom is -0.367 e. The van der Waals surface area contributed by atoms with E-state index in [1.165, 1.54) is 12.1 Å². The van der Waals surface area contributed by atoms with Crippen LogP contribution in [0.1, 0.15) is 28.4 Å². The highest BCUT2D eigenvalue weighted by Crippen LogP contribution is 2.23. The Kier molecular flexibility index (Phi) is 7.02. The number of carbonyl (C=O) groups is 1. The van der Waals surface area contributed by atoms with Crippen molar-refractivity contribution < 1.29 is 9.18 Å². The lowest BCUT2D eigenvalue weighted by Gasteiger charge is -2.35. The molecular formula is C25H26ClFN4O. The molecule has 1 aliphatic rings. The largest absolute Gasteiger partial charge is 0.367 e. The molecule has 2 heterocycles. The standard InChI is InChI=1S/C25H26ClFN4O/c1-2-29-11-13-30(14-12-29)24-9-8-20(15-23(24)27)25(32)10-7-19-16-28-31(17-19)18-21-5-3-4-6-22(21)26/h3-10,15-17H,2,11-14,18H2,1H3. The fourth-order valence-corrected chi connectivity index (χ4v) is 4.04. The molecule has 0 atom stereocenters. The average molecular weight is 453 g/mol. The summed E-state index contributed by atoms with van der Waals surface area (Å²) in [5, 5.41) is 5.01.